The summed E-state index contributed by atoms with van der Waals surface area (Å²) in [5.74, 6) is -4.67. The van der Waals surface area contributed by atoms with Gasteiger partial charge >= 0.3 is 18.1 Å². The van der Waals surface area contributed by atoms with E-state index in [2.05, 4.69) is 9.72 Å². The molecule has 0 fully saturated rings. The molecule has 12 heteroatoms. The van der Waals surface area contributed by atoms with Gasteiger partial charge < -0.3 is 20.6 Å². The lowest BCUT2D eigenvalue weighted by molar-refractivity contribution is -0.390. The number of hydrogen-bond acceptors (Lipinski definition) is 5. The van der Waals surface area contributed by atoms with Crippen molar-refractivity contribution in [3.05, 3.63) is 27.3 Å². The number of carbonyl (C=O) groups excluding carboxylic acids is 1. The van der Waals surface area contributed by atoms with Crippen molar-refractivity contribution in [2.75, 3.05) is 0 Å². The van der Waals surface area contributed by atoms with Gasteiger partial charge in [0.15, 0.2) is 0 Å². The van der Waals surface area contributed by atoms with Crippen LogP contribution in [0.4, 0.5) is 27.8 Å². The van der Waals surface area contributed by atoms with Crippen LogP contribution in [0.5, 0.6) is 5.88 Å². The first-order valence-electron chi connectivity index (χ1n) is 4.56. The summed E-state index contributed by atoms with van der Waals surface area (Å²) < 4.78 is 64.7. The fraction of sp³-hybridized carbons (Fsp3) is 0.250. The number of primary amides is 1. The van der Waals surface area contributed by atoms with E-state index in [0.717, 1.165) is 0 Å². The molecule has 0 radical (unpaired) electrons. The first kappa shape index (κ1) is 15.5. The van der Waals surface area contributed by atoms with Crippen molar-refractivity contribution in [3.63, 3.8) is 0 Å². The molecule has 0 aliphatic rings. The average Bonchev–Trinajstić information content (AvgIpc) is 2.24. The largest absolute Gasteiger partial charge is 0.575 e. The van der Waals surface area contributed by atoms with Gasteiger partial charge in [0.25, 0.3) is 6.43 Å². The van der Waals surface area contributed by atoms with Gasteiger partial charge in [-0.25, -0.2) is 8.78 Å². The molecule has 0 saturated carbocycles. The van der Waals surface area contributed by atoms with E-state index in [9.17, 15) is 36.9 Å². The molecule has 1 heterocycles. The monoisotopic (exact) mass is 301 g/mol. The normalized spacial score (nSPS) is 11.5. The second-order valence-corrected chi connectivity index (χ2v) is 3.22. The maximum atomic E-state index is 12.7. The number of nitrogens with two attached hydrogens (primary N) is 1. The molecular formula is C8H4F5N3O4. The van der Waals surface area contributed by atoms with Gasteiger partial charge in [0.1, 0.15) is 5.56 Å². The number of amides is 1. The van der Waals surface area contributed by atoms with Crippen molar-refractivity contribution in [1.82, 2.24) is 4.98 Å². The summed E-state index contributed by atoms with van der Waals surface area (Å²) in [6.45, 7) is 0. The second kappa shape index (κ2) is 5.22. The summed E-state index contributed by atoms with van der Waals surface area (Å²) in [5.41, 5.74) is 1.95. The third-order valence-corrected chi connectivity index (χ3v) is 1.89. The van der Waals surface area contributed by atoms with Crippen molar-refractivity contribution < 1.29 is 36.4 Å². The van der Waals surface area contributed by atoms with E-state index < -0.39 is 46.4 Å². The van der Waals surface area contributed by atoms with Crippen LogP contribution in [-0.4, -0.2) is 22.2 Å². The van der Waals surface area contributed by atoms with Crippen LogP contribution in [0.1, 0.15) is 22.3 Å². The lowest BCUT2D eigenvalue weighted by atomic mass is 10.1. The first-order valence-corrected chi connectivity index (χ1v) is 4.56. The molecule has 0 unspecified atom stereocenters. The van der Waals surface area contributed by atoms with E-state index in [-0.39, 0.29) is 6.07 Å². The van der Waals surface area contributed by atoms with Gasteiger partial charge in [-0.2, -0.15) is 0 Å². The zero-order valence-corrected chi connectivity index (χ0v) is 9.15. The maximum Gasteiger partial charge on any atom is 0.575 e. The Morgan fingerprint density at radius 2 is 2.00 bits per heavy atom. The number of nitrogens with zero attached hydrogens (tertiary/aromatic N) is 2. The van der Waals surface area contributed by atoms with Crippen molar-refractivity contribution in [1.29, 1.82) is 0 Å². The molecule has 0 spiro atoms. The Morgan fingerprint density at radius 3 is 2.35 bits per heavy atom. The number of halogens is 5. The van der Waals surface area contributed by atoms with Crippen molar-refractivity contribution >= 4 is 11.7 Å². The quantitative estimate of drug-likeness (QED) is 0.519. The Balaban J connectivity index is 3.59. The van der Waals surface area contributed by atoms with Crippen LogP contribution in [0.15, 0.2) is 6.07 Å². The number of aromatic nitrogens is 1. The summed E-state index contributed by atoms with van der Waals surface area (Å²) >= 11 is 0. The predicted octanol–water partition coefficient (Wildman–Crippen LogP) is 1.92. The van der Waals surface area contributed by atoms with Gasteiger partial charge in [0.2, 0.25) is 5.91 Å². The summed E-state index contributed by atoms with van der Waals surface area (Å²) in [4.78, 5) is 22.8. The highest BCUT2D eigenvalue weighted by Crippen LogP contribution is 2.35. The zero-order valence-electron chi connectivity index (χ0n) is 9.15. The fourth-order valence-electron chi connectivity index (χ4n) is 1.21. The number of ether oxygens (including phenoxy) is 1. The van der Waals surface area contributed by atoms with Gasteiger partial charge in [0.05, 0.1) is 5.56 Å². The molecule has 1 rings (SSSR count). The third-order valence-electron chi connectivity index (χ3n) is 1.89. The van der Waals surface area contributed by atoms with Gasteiger partial charge in [0, 0.05) is 11.1 Å². The van der Waals surface area contributed by atoms with Crippen molar-refractivity contribution in [2.24, 2.45) is 5.73 Å². The van der Waals surface area contributed by atoms with E-state index in [1.165, 1.54) is 0 Å². The molecule has 20 heavy (non-hydrogen) atoms. The molecule has 1 aromatic heterocycles. The molecular weight excluding hydrogens is 297 g/mol. The van der Waals surface area contributed by atoms with Crippen molar-refractivity contribution in [2.45, 2.75) is 12.8 Å². The zero-order chi connectivity index (χ0) is 15.7. The van der Waals surface area contributed by atoms with Gasteiger partial charge in [-0.15, -0.1) is 13.2 Å². The van der Waals surface area contributed by atoms with E-state index in [4.69, 9.17) is 5.73 Å². The summed E-state index contributed by atoms with van der Waals surface area (Å²) in [5, 5.41) is 10.4. The Morgan fingerprint density at radius 1 is 1.45 bits per heavy atom. The molecule has 0 aromatic carbocycles. The van der Waals surface area contributed by atoms with Crippen LogP contribution in [0.3, 0.4) is 0 Å². The number of rotatable bonds is 4. The van der Waals surface area contributed by atoms with E-state index in [1.807, 2.05) is 0 Å². The van der Waals surface area contributed by atoms with Crippen LogP contribution < -0.4 is 10.5 Å². The fourth-order valence-corrected chi connectivity index (χ4v) is 1.21. The molecule has 1 amide bonds. The molecule has 1 aromatic rings. The van der Waals surface area contributed by atoms with E-state index in [1.54, 1.807) is 0 Å². The highest BCUT2D eigenvalue weighted by atomic mass is 19.4. The minimum atomic E-state index is -5.43. The minimum Gasteiger partial charge on any atom is -0.366 e. The Hall–Kier alpha value is -2.53. The minimum absolute atomic E-state index is 0.243. The van der Waals surface area contributed by atoms with Crippen molar-refractivity contribution in [3.8, 4) is 5.88 Å². The molecule has 0 aliphatic carbocycles. The third kappa shape index (κ3) is 3.49. The summed E-state index contributed by atoms with van der Waals surface area (Å²) in [6, 6.07) is 0.243. The van der Waals surface area contributed by atoms with Gasteiger partial charge in [-0.3, -0.25) is 4.79 Å². The molecule has 7 nitrogen and oxygen atoms in total. The van der Waals surface area contributed by atoms with E-state index >= 15 is 0 Å². The first-order chi connectivity index (χ1) is 9.03. The molecule has 0 bridgehead atoms. The predicted molar refractivity (Wildman–Crippen MR) is 51.0 cm³/mol. The lowest BCUT2D eigenvalue weighted by Crippen LogP contribution is -2.22. The van der Waals surface area contributed by atoms with Gasteiger partial charge in [-0.1, -0.05) is 0 Å². The molecule has 110 valence electrons. The summed E-state index contributed by atoms with van der Waals surface area (Å²) in [6.07, 6.45) is -9.04. The number of alkyl halides is 5. The second-order valence-electron chi connectivity index (χ2n) is 3.22. The smallest absolute Gasteiger partial charge is 0.366 e. The number of carbonyl (C=O) groups is 1. The van der Waals surface area contributed by atoms with Crippen LogP contribution in [0.25, 0.3) is 0 Å². The van der Waals surface area contributed by atoms with E-state index in [0.29, 0.717) is 0 Å². The molecule has 2 N–H and O–H groups in total. The number of nitro groups is 1. The number of pyridine rings is 1. The molecule has 0 aliphatic heterocycles. The molecule has 0 atom stereocenters. The maximum absolute atomic E-state index is 12.7. The molecule has 0 saturated heterocycles. The van der Waals surface area contributed by atoms with Crippen LogP contribution >= 0.6 is 0 Å². The van der Waals surface area contributed by atoms with Gasteiger partial charge in [-0.05, 0) is 4.92 Å². The topological polar surface area (TPSA) is 108 Å². The van der Waals surface area contributed by atoms with Crippen LogP contribution in [0, 0.1) is 10.1 Å². The highest BCUT2D eigenvalue weighted by Gasteiger charge is 2.39. The SMILES string of the molecule is NC(=O)c1cc([N+](=O)[O-])nc(OC(F)(F)F)c1C(F)F. The Labute approximate surface area is 106 Å². The lowest BCUT2D eigenvalue weighted by Gasteiger charge is -2.11. The summed E-state index contributed by atoms with van der Waals surface area (Å²) in [7, 11) is 0. The number of hydrogen-bond donors (Lipinski definition) is 1. The van der Waals surface area contributed by atoms with Crippen LogP contribution in [0.2, 0.25) is 0 Å². The Bertz CT molecular complexity index is 560. The standard InChI is InChI=1S/C8H4F5N3O4/c9-5(10)4-2(6(14)17)1-3(16(18)19)15-7(4)20-8(11,12)13/h1,5H,(H2,14,17). The Kier molecular flexibility index (Phi) is 4.06. The highest BCUT2D eigenvalue weighted by molar-refractivity contribution is 5.95. The average molecular weight is 301 g/mol. The van der Waals surface area contributed by atoms with Crippen LogP contribution in [-0.2, 0) is 0 Å².